The lowest BCUT2D eigenvalue weighted by molar-refractivity contribution is 0.198. The normalized spacial score (nSPS) is 9.94. The number of benzene rings is 1. The van der Waals surface area contributed by atoms with E-state index in [-0.39, 0.29) is 6.54 Å². The lowest BCUT2D eigenvalue weighted by Gasteiger charge is -2.03. The van der Waals surface area contributed by atoms with E-state index in [1.165, 1.54) is 0 Å². The van der Waals surface area contributed by atoms with Crippen molar-refractivity contribution in [3.05, 3.63) is 42.0 Å². The monoisotopic (exact) mass is 233 g/mol. The summed E-state index contributed by atoms with van der Waals surface area (Å²) in [7, 11) is 0. The third kappa shape index (κ3) is 3.30. The van der Waals surface area contributed by atoms with Crippen molar-refractivity contribution in [1.29, 1.82) is 0 Å². The first kappa shape index (κ1) is 11.1. The molecule has 0 aliphatic heterocycles. The number of carbonyl (C=O) groups is 1. The van der Waals surface area contributed by atoms with Crippen LogP contribution in [0.4, 0.5) is 4.79 Å². The van der Waals surface area contributed by atoms with Crippen LogP contribution in [0.3, 0.4) is 0 Å². The van der Waals surface area contributed by atoms with Gasteiger partial charge in [0.2, 0.25) is 5.89 Å². The summed E-state index contributed by atoms with van der Waals surface area (Å²) in [4.78, 5) is 15.3. The highest BCUT2D eigenvalue weighted by atomic mass is 16.6. The predicted octanol–water partition coefficient (Wildman–Crippen LogP) is 1.67. The fourth-order valence-corrected chi connectivity index (χ4v) is 1.19. The molecule has 0 fully saturated rings. The maximum Gasteiger partial charge on any atom is 0.413 e. The van der Waals surface area contributed by atoms with Gasteiger partial charge in [0.25, 0.3) is 0 Å². The van der Waals surface area contributed by atoms with Gasteiger partial charge in [-0.15, -0.1) is 0 Å². The molecule has 0 atom stereocenters. The molecule has 2 aromatic rings. The summed E-state index contributed by atoms with van der Waals surface area (Å²) in [5, 5.41) is 6.10. The number of amides is 1. The Morgan fingerprint density at radius 3 is 2.82 bits per heavy atom. The highest BCUT2D eigenvalue weighted by molar-refractivity contribution is 5.70. The van der Waals surface area contributed by atoms with Crippen molar-refractivity contribution < 1.29 is 14.1 Å². The minimum atomic E-state index is -0.563. The van der Waals surface area contributed by atoms with Gasteiger partial charge in [0.05, 0.1) is 0 Å². The summed E-state index contributed by atoms with van der Waals surface area (Å²) < 4.78 is 9.84. The molecule has 1 aromatic carbocycles. The van der Waals surface area contributed by atoms with Crippen LogP contribution >= 0.6 is 0 Å². The minimum absolute atomic E-state index is 0.145. The second-order valence-corrected chi connectivity index (χ2v) is 3.29. The molecule has 6 nitrogen and oxygen atoms in total. The molecule has 0 aliphatic carbocycles. The fourth-order valence-electron chi connectivity index (χ4n) is 1.19. The van der Waals surface area contributed by atoms with Crippen molar-refractivity contribution in [2.45, 2.75) is 13.5 Å². The molecular formula is C11H11N3O3. The Morgan fingerprint density at radius 1 is 1.41 bits per heavy atom. The number of para-hydroxylation sites is 1. The molecule has 0 aliphatic rings. The van der Waals surface area contributed by atoms with Crippen LogP contribution in [0, 0.1) is 6.92 Å². The molecule has 0 unspecified atom stereocenters. The van der Waals surface area contributed by atoms with Crippen molar-refractivity contribution in [1.82, 2.24) is 15.5 Å². The quantitative estimate of drug-likeness (QED) is 0.872. The van der Waals surface area contributed by atoms with Crippen molar-refractivity contribution in [2.75, 3.05) is 0 Å². The van der Waals surface area contributed by atoms with Crippen LogP contribution in [0.1, 0.15) is 11.7 Å². The average Bonchev–Trinajstić information content (AvgIpc) is 2.74. The molecule has 88 valence electrons. The van der Waals surface area contributed by atoms with E-state index >= 15 is 0 Å². The lowest BCUT2D eigenvalue weighted by Crippen LogP contribution is -2.26. The molecule has 0 radical (unpaired) electrons. The van der Waals surface area contributed by atoms with Gasteiger partial charge in [-0.05, 0) is 19.1 Å². The zero-order valence-electron chi connectivity index (χ0n) is 9.21. The van der Waals surface area contributed by atoms with Gasteiger partial charge in [0.15, 0.2) is 5.82 Å². The van der Waals surface area contributed by atoms with Crippen molar-refractivity contribution in [3.8, 4) is 5.75 Å². The van der Waals surface area contributed by atoms with Crippen LogP contribution in [-0.4, -0.2) is 16.2 Å². The summed E-state index contributed by atoms with van der Waals surface area (Å²) in [6, 6.07) is 8.78. The van der Waals surface area contributed by atoms with Gasteiger partial charge in [0.1, 0.15) is 12.3 Å². The van der Waals surface area contributed by atoms with E-state index in [0.29, 0.717) is 17.5 Å². The number of ether oxygens (including phenoxy) is 1. The van der Waals surface area contributed by atoms with Crippen LogP contribution in [0.5, 0.6) is 5.75 Å². The number of carbonyl (C=O) groups excluding carboxylic acids is 1. The molecular weight excluding hydrogens is 222 g/mol. The number of nitrogens with zero attached hydrogens (tertiary/aromatic N) is 2. The van der Waals surface area contributed by atoms with Gasteiger partial charge < -0.3 is 14.6 Å². The molecule has 0 saturated heterocycles. The van der Waals surface area contributed by atoms with E-state index in [1.807, 2.05) is 6.07 Å². The zero-order chi connectivity index (χ0) is 12.1. The van der Waals surface area contributed by atoms with Crippen LogP contribution in [0.25, 0.3) is 0 Å². The maximum absolute atomic E-state index is 11.4. The molecule has 17 heavy (non-hydrogen) atoms. The van der Waals surface area contributed by atoms with Gasteiger partial charge in [0, 0.05) is 0 Å². The molecule has 2 rings (SSSR count). The van der Waals surface area contributed by atoms with E-state index in [9.17, 15) is 4.79 Å². The SMILES string of the molecule is Cc1noc(CNC(=O)Oc2ccccc2)n1. The lowest BCUT2D eigenvalue weighted by atomic mass is 10.3. The van der Waals surface area contributed by atoms with E-state index in [0.717, 1.165) is 0 Å². The Labute approximate surface area is 97.6 Å². The minimum Gasteiger partial charge on any atom is -0.410 e. The third-order valence-corrected chi connectivity index (χ3v) is 1.91. The Bertz CT molecular complexity index is 496. The number of hydrogen-bond donors (Lipinski definition) is 1. The number of aromatic nitrogens is 2. The summed E-state index contributed by atoms with van der Waals surface area (Å²) in [6.07, 6.45) is -0.563. The van der Waals surface area contributed by atoms with Gasteiger partial charge in [-0.25, -0.2) is 4.79 Å². The van der Waals surface area contributed by atoms with Crippen molar-refractivity contribution in [2.24, 2.45) is 0 Å². The maximum atomic E-state index is 11.4. The summed E-state index contributed by atoms with van der Waals surface area (Å²) in [6.45, 7) is 1.85. The molecule has 1 aromatic heterocycles. The molecule has 6 heteroatoms. The number of hydrogen-bond acceptors (Lipinski definition) is 5. The van der Waals surface area contributed by atoms with E-state index < -0.39 is 6.09 Å². The molecule has 1 amide bonds. The second-order valence-electron chi connectivity index (χ2n) is 3.29. The molecule has 0 saturated carbocycles. The van der Waals surface area contributed by atoms with Gasteiger partial charge in [-0.2, -0.15) is 4.98 Å². The number of nitrogens with one attached hydrogen (secondary N) is 1. The van der Waals surface area contributed by atoms with E-state index in [1.54, 1.807) is 31.2 Å². The molecule has 1 N–H and O–H groups in total. The Balaban J connectivity index is 1.82. The average molecular weight is 233 g/mol. The third-order valence-electron chi connectivity index (χ3n) is 1.91. The molecule has 0 spiro atoms. The Hall–Kier alpha value is -2.37. The first-order valence-electron chi connectivity index (χ1n) is 5.04. The first-order valence-corrected chi connectivity index (χ1v) is 5.04. The largest absolute Gasteiger partial charge is 0.413 e. The standard InChI is InChI=1S/C11H11N3O3/c1-8-13-10(17-14-8)7-12-11(15)16-9-5-3-2-4-6-9/h2-6H,7H2,1H3,(H,12,15). The van der Waals surface area contributed by atoms with Crippen LogP contribution in [0.15, 0.2) is 34.9 Å². The highest BCUT2D eigenvalue weighted by Gasteiger charge is 2.07. The Kier molecular flexibility index (Phi) is 3.34. The summed E-state index contributed by atoms with van der Waals surface area (Å²) in [5.74, 6) is 1.34. The van der Waals surface area contributed by atoms with E-state index in [4.69, 9.17) is 9.26 Å². The van der Waals surface area contributed by atoms with Crippen molar-refractivity contribution in [3.63, 3.8) is 0 Å². The number of rotatable bonds is 3. The summed E-state index contributed by atoms with van der Waals surface area (Å²) >= 11 is 0. The smallest absolute Gasteiger partial charge is 0.410 e. The zero-order valence-corrected chi connectivity index (χ0v) is 9.21. The van der Waals surface area contributed by atoms with E-state index in [2.05, 4.69) is 15.5 Å². The van der Waals surface area contributed by atoms with Crippen molar-refractivity contribution >= 4 is 6.09 Å². The van der Waals surface area contributed by atoms with Crippen LogP contribution in [0.2, 0.25) is 0 Å². The molecule has 0 bridgehead atoms. The fraction of sp³-hybridized carbons (Fsp3) is 0.182. The predicted molar refractivity (Wildman–Crippen MR) is 58.3 cm³/mol. The van der Waals surface area contributed by atoms with Gasteiger partial charge in [-0.1, -0.05) is 23.4 Å². The first-order chi connectivity index (χ1) is 8.24. The molecule has 1 heterocycles. The topological polar surface area (TPSA) is 77.2 Å². The highest BCUT2D eigenvalue weighted by Crippen LogP contribution is 2.08. The van der Waals surface area contributed by atoms with Gasteiger partial charge in [-0.3, -0.25) is 0 Å². The Morgan fingerprint density at radius 2 is 2.18 bits per heavy atom. The van der Waals surface area contributed by atoms with Crippen LogP contribution in [-0.2, 0) is 6.54 Å². The number of aryl methyl sites for hydroxylation is 1. The van der Waals surface area contributed by atoms with Crippen LogP contribution < -0.4 is 10.1 Å². The second kappa shape index (κ2) is 5.11. The summed E-state index contributed by atoms with van der Waals surface area (Å²) in [5.41, 5.74) is 0. The van der Waals surface area contributed by atoms with Gasteiger partial charge >= 0.3 is 6.09 Å².